The van der Waals surface area contributed by atoms with E-state index in [0.717, 1.165) is 51.4 Å². The van der Waals surface area contributed by atoms with Crippen LogP contribution in [-0.2, 0) is 19.1 Å². The van der Waals surface area contributed by atoms with E-state index in [0.29, 0.717) is 12.8 Å². The summed E-state index contributed by atoms with van der Waals surface area (Å²) < 4.78 is 10.5. The number of hydrogen-bond donors (Lipinski definition) is 0. The second-order valence-electron chi connectivity index (χ2n) is 12.6. The van der Waals surface area contributed by atoms with E-state index in [-0.39, 0.29) is 25.2 Å². The van der Waals surface area contributed by atoms with Crippen molar-refractivity contribution in [2.24, 2.45) is 0 Å². The molecule has 4 nitrogen and oxygen atoms in total. The van der Waals surface area contributed by atoms with E-state index in [1.54, 1.807) is 0 Å². The molecule has 44 heavy (non-hydrogen) atoms. The summed E-state index contributed by atoms with van der Waals surface area (Å²) in [5.74, 6) is -0.430. The summed E-state index contributed by atoms with van der Waals surface area (Å²) in [4.78, 5) is 24.0. The number of unbranched alkanes of at least 4 members (excludes halogenated alkanes) is 22. The SMILES string of the molecule is CCCCCCCCC=CCCCCCCCC(=O)OCC(Cl)COC(=O)CCCCCCCC=CCCCCCCCC. The Labute approximate surface area is 278 Å². The highest BCUT2D eigenvalue weighted by atomic mass is 35.5. The number of alkyl halides is 1. The van der Waals surface area contributed by atoms with Crippen LogP contribution in [-0.4, -0.2) is 30.5 Å². The van der Waals surface area contributed by atoms with Crippen LogP contribution >= 0.6 is 11.6 Å². The molecule has 0 unspecified atom stereocenters. The third-order valence-corrected chi connectivity index (χ3v) is 8.39. The fourth-order valence-electron chi connectivity index (χ4n) is 5.24. The first-order valence-corrected chi connectivity index (χ1v) is 19.3. The van der Waals surface area contributed by atoms with Gasteiger partial charge >= 0.3 is 11.9 Å². The number of carbonyl (C=O) groups is 2. The van der Waals surface area contributed by atoms with Crippen molar-refractivity contribution < 1.29 is 19.1 Å². The Morgan fingerprint density at radius 1 is 0.455 bits per heavy atom. The maximum atomic E-state index is 12.0. The molecule has 0 aromatic carbocycles. The zero-order valence-electron chi connectivity index (χ0n) is 29.1. The van der Waals surface area contributed by atoms with Crippen molar-refractivity contribution in [2.45, 2.75) is 199 Å². The van der Waals surface area contributed by atoms with E-state index in [9.17, 15) is 9.59 Å². The number of rotatable bonds is 34. The van der Waals surface area contributed by atoms with Gasteiger partial charge in [-0.3, -0.25) is 9.59 Å². The van der Waals surface area contributed by atoms with Crippen LogP contribution in [0.2, 0.25) is 0 Å². The molecule has 0 heterocycles. The first-order chi connectivity index (χ1) is 21.6. The quantitative estimate of drug-likeness (QED) is 0.0304. The lowest BCUT2D eigenvalue weighted by molar-refractivity contribution is -0.146. The van der Waals surface area contributed by atoms with Crippen LogP contribution in [0.25, 0.3) is 0 Å². The molecule has 0 radical (unpaired) electrons. The predicted octanol–water partition coefficient (Wildman–Crippen LogP) is 12.8. The first kappa shape index (κ1) is 42.7. The van der Waals surface area contributed by atoms with Gasteiger partial charge in [0.15, 0.2) is 0 Å². The maximum absolute atomic E-state index is 12.0. The van der Waals surface area contributed by atoms with Gasteiger partial charge in [-0.05, 0) is 64.2 Å². The van der Waals surface area contributed by atoms with Gasteiger partial charge in [-0.1, -0.05) is 141 Å². The Morgan fingerprint density at radius 3 is 1.05 bits per heavy atom. The molecule has 258 valence electrons. The molecule has 0 saturated carbocycles. The molecule has 0 fully saturated rings. The highest BCUT2D eigenvalue weighted by Crippen LogP contribution is 2.12. The van der Waals surface area contributed by atoms with Crippen LogP contribution in [0, 0.1) is 0 Å². The van der Waals surface area contributed by atoms with Crippen LogP contribution in [0.15, 0.2) is 24.3 Å². The molecule has 0 aliphatic carbocycles. The van der Waals surface area contributed by atoms with Crippen molar-refractivity contribution in [3.8, 4) is 0 Å². The Morgan fingerprint density at radius 2 is 0.727 bits per heavy atom. The average Bonchev–Trinajstić information content (AvgIpc) is 3.02. The number of hydrogen-bond acceptors (Lipinski definition) is 4. The minimum absolute atomic E-state index is 0.0894. The summed E-state index contributed by atoms with van der Waals surface area (Å²) in [6.07, 6.45) is 42.3. The maximum Gasteiger partial charge on any atom is 0.305 e. The standard InChI is InChI=1S/C39H71ClO4/c1-3-5-7-9-11-13-15-17-19-21-23-25-27-29-31-33-38(41)43-35-37(40)36-44-39(42)34-32-30-28-26-24-22-20-18-16-14-12-10-8-6-4-2/h17-20,37H,3-16,21-36H2,1-2H3. The summed E-state index contributed by atoms with van der Waals surface area (Å²) in [7, 11) is 0. The molecule has 0 amide bonds. The van der Waals surface area contributed by atoms with E-state index in [2.05, 4.69) is 38.2 Å². The average molecular weight is 639 g/mol. The fraction of sp³-hybridized carbons (Fsp3) is 0.846. The van der Waals surface area contributed by atoms with Crippen molar-refractivity contribution in [1.82, 2.24) is 0 Å². The van der Waals surface area contributed by atoms with E-state index in [1.165, 1.54) is 116 Å². The number of halogens is 1. The van der Waals surface area contributed by atoms with Gasteiger partial charge in [0.2, 0.25) is 0 Å². The second kappa shape index (κ2) is 36.2. The molecule has 0 N–H and O–H groups in total. The van der Waals surface area contributed by atoms with E-state index >= 15 is 0 Å². The van der Waals surface area contributed by atoms with Crippen LogP contribution in [0.3, 0.4) is 0 Å². The topological polar surface area (TPSA) is 52.6 Å². The predicted molar refractivity (Wildman–Crippen MR) is 190 cm³/mol. The molecule has 0 aromatic heterocycles. The molecule has 0 saturated heterocycles. The van der Waals surface area contributed by atoms with Crippen molar-refractivity contribution in [3.05, 3.63) is 24.3 Å². The molecule has 0 rings (SSSR count). The Kier molecular flexibility index (Phi) is 35.1. The van der Waals surface area contributed by atoms with Gasteiger partial charge in [-0.25, -0.2) is 0 Å². The Hall–Kier alpha value is -1.29. The van der Waals surface area contributed by atoms with Crippen LogP contribution in [0.1, 0.15) is 194 Å². The van der Waals surface area contributed by atoms with Crippen molar-refractivity contribution in [3.63, 3.8) is 0 Å². The van der Waals surface area contributed by atoms with Crippen LogP contribution in [0.4, 0.5) is 0 Å². The van der Waals surface area contributed by atoms with Crippen LogP contribution < -0.4 is 0 Å². The largest absolute Gasteiger partial charge is 0.464 e. The molecular weight excluding hydrogens is 568 g/mol. The van der Waals surface area contributed by atoms with E-state index in [4.69, 9.17) is 21.1 Å². The zero-order valence-corrected chi connectivity index (χ0v) is 29.9. The van der Waals surface area contributed by atoms with E-state index in [1.807, 2.05) is 0 Å². The molecule has 0 atom stereocenters. The first-order valence-electron chi connectivity index (χ1n) is 18.8. The molecule has 0 bridgehead atoms. The lowest BCUT2D eigenvalue weighted by Gasteiger charge is -2.11. The zero-order chi connectivity index (χ0) is 32.2. The van der Waals surface area contributed by atoms with Crippen molar-refractivity contribution in [1.29, 1.82) is 0 Å². The van der Waals surface area contributed by atoms with Gasteiger partial charge < -0.3 is 9.47 Å². The number of carbonyl (C=O) groups excluding carboxylic acids is 2. The normalized spacial score (nSPS) is 12.3. The lowest BCUT2D eigenvalue weighted by Crippen LogP contribution is -2.21. The second-order valence-corrected chi connectivity index (χ2v) is 13.2. The van der Waals surface area contributed by atoms with Crippen molar-refractivity contribution >= 4 is 23.5 Å². The smallest absolute Gasteiger partial charge is 0.305 e. The minimum atomic E-state index is -0.494. The molecule has 5 heteroatoms. The van der Waals surface area contributed by atoms with Gasteiger partial charge in [0.1, 0.15) is 18.6 Å². The van der Waals surface area contributed by atoms with Gasteiger partial charge in [0.25, 0.3) is 0 Å². The Balaban J connectivity index is 3.45. The van der Waals surface area contributed by atoms with Gasteiger partial charge in [-0.15, -0.1) is 11.6 Å². The summed E-state index contributed by atoms with van der Waals surface area (Å²) in [6.45, 7) is 4.70. The van der Waals surface area contributed by atoms with Crippen LogP contribution in [0.5, 0.6) is 0 Å². The molecule has 0 aromatic rings. The highest BCUT2D eigenvalue weighted by molar-refractivity contribution is 6.21. The minimum Gasteiger partial charge on any atom is -0.464 e. The van der Waals surface area contributed by atoms with Gasteiger partial charge in [-0.2, -0.15) is 0 Å². The molecular formula is C39H71ClO4. The summed E-state index contributed by atoms with van der Waals surface area (Å²) in [5.41, 5.74) is 0. The van der Waals surface area contributed by atoms with Gasteiger partial charge in [0.05, 0.1) is 0 Å². The summed E-state index contributed by atoms with van der Waals surface area (Å²) >= 11 is 6.20. The lowest BCUT2D eigenvalue weighted by atomic mass is 10.1. The Bertz CT molecular complexity index is 619. The van der Waals surface area contributed by atoms with Crippen molar-refractivity contribution in [2.75, 3.05) is 13.2 Å². The molecule has 0 spiro atoms. The highest BCUT2D eigenvalue weighted by Gasteiger charge is 2.12. The third kappa shape index (κ3) is 35.2. The summed E-state index contributed by atoms with van der Waals surface area (Å²) in [5, 5.41) is -0.494. The molecule has 0 aliphatic rings. The molecule has 0 aliphatic heterocycles. The van der Waals surface area contributed by atoms with E-state index < -0.39 is 5.38 Å². The summed E-state index contributed by atoms with van der Waals surface area (Å²) in [6, 6.07) is 0. The number of ether oxygens (including phenoxy) is 2. The number of allylic oxidation sites excluding steroid dienone is 4. The fourth-order valence-corrected chi connectivity index (χ4v) is 5.37. The number of esters is 2. The monoisotopic (exact) mass is 639 g/mol. The van der Waals surface area contributed by atoms with Gasteiger partial charge in [0, 0.05) is 12.8 Å². The third-order valence-electron chi connectivity index (χ3n) is 8.14.